The number of rotatable bonds is 6. The molecule has 0 amide bonds. The van der Waals surface area contributed by atoms with Gasteiger partial charge in [-0.15, -0.1) is 0 Å². The predicted octanol–water partition coefficient (Wildman–Crippen LogP) is 2.06. The third-order valence-corrected chi connectivity index (χ3v) is 3.42. The van der Waals surface area contributed by atoms with E-state index in [2.05, 4.69) is 24.1 Å². The lowest BCUT2D eigenvalue weighted by Crippen LogP contribution is -2.49. The second-order valence-electron chi connectivity index (χ2n) is 4.46. The summed E-state index contributed by atoms with van der Waals surface area (Å²) in [5.74, 6) is 0.748. The molecule has 2 nitrogen and oxygen atoms in total. The van der Waals surface area contributed by atoms with E-state index in [9.17, 15) is 4.39 Å². The molecule has 0 spiro atoms. The van der Waals surface area contributed by atoms with Crippen LogP contribution in [0.15, 0.2) is 0 Å². The SMILES string of the molecule is CCNC1CCN(CCCF)CC1CC. The Morgan fingerprint density at radius 2 is 2.20 bits per heavy atom. The van der Waals surface area contributed by atoms with Crippen LogP contribution in [-0.4, -0.2) is 43.8 Å². The molecule has 1 aliphatic rings. The number of piperidine rings is 1. The van der Waals surface area contributed by atoms with Crippen LogP contribution >= 0.6 is 0 Å². The maximum Gasteiger partial charge on any atom is 0.0906 e. The molecular formula is C12H25FN2. The van der Waals surface area contributed by atoms with Gasteiger partial charge in [0.05, 0.1) is 6.67 Å². The van der Waals surface area contributed by atoms with Crippen LogP contribution < -0.4 is 5.32 Å². The number of hydrogen-bond acceptors (Lipinski definition) is 2. The van der Waals surface area contributed by atoms with Gasteiger partial charge in [0.2, 0.25) is 0 Å². The number of hydrogen-bond donors (Lipinski definition) is 1. The summed E-state index contributed by atoms with van der Waals surface area (Å²) < 4.78 is 12.1. The average Bonchev–Trinajstić information content (AvgIpc) is 2.28. The van der Waals surface area contributed by atoms with E-state index in [0.29, 0.717) is 12.5 Å². The summed E-state index contributed by atoms with van der Waals surface area (Å²) in [6.07, 6.45) is 3.14. The van der Waals surface area contributed by atoms with Crippen LogP contribution in [0.2, 0.25) is 0 Å². The molecule has 1 saturated heterocycles. The smallest absolute Gasteiger partial charge is 0.0906 e. The van der Waals surface area contributed by atoms with E-state index >= 15 is 0 Å². The van der Waals surface area contributed by atoms with Gasteiger partial charge in [-0.1, -0.05) is 20.3 Å². The van der Waals surface area contributed by atoms with Crippen LogP contribution in [0.25, 0.3) is 0 Å². The van der Waals surface area contributed by atoms with Crippen LogP contribution in [0.3, 0.4) is 0 Å². The number of halogens is 1. The molecule has 2 unspecified atom stereocenters. The minimum Gasteiger partial charge on any atom is -0.314 e. The first-order valence-corrected chi connectivity index (χ1v) is 6.33. The normalized spacial score (nSPS) is 28.2. The highest BCUT2D eigenvalue weighted by Gasteiger charge is 2.26. The maximum absolute atomic E-state index is 12.1. The highest BCUT2D eigenvalue weighted by atomic mass is 19.1. The van der Waals surface area contributed by atoms with Crippen molar-refractivity contribution >= 4 is 0 Å². The summed E-state index contributed by atoms with van der Waals surface area (Å²) in [6, 6.07) is 0.682. The number of alkyl halides is 1. The van der Waals surface area contributed by atoms with E-state index in [1.54, 1.807) is 0 Å². The summed E-state index contributed by atoms with van der Waals surface area (Å²) >= 11 is 0. The van der Waals surface area contributed by atoms with Crippen molar-refractivity contribution in [1.29, 1.82) is 0 Å². The number of nitrogens with zero attached hydrogens (tertiary/aromatic N) is 1. The Balaban J connectivity index is 2.33. The molecule has 0 aliphatic carbocycles. The summed E-state index contributed by atoms with van der Waals surface area (Å²) in [7, 11) is 0. The van der Waals surface area contributed by atoms with Gasteiger partial charge in [0, 0.05) is 19.1 Å². The minimum absolute atomic E-state index is 0.177. The van der Waals surface area contributed by atoms with E-state index in [0.717, 1.165) is 32.1 Å². The van der Waals surface area contributed by atoms with Gasteiger partial charge >= 0.3 is 0 Å². The second-order valence-corrected chi connectivity index (χ2v) is 4.46. The van der Waals surface area contributed by atoms with Gasteiger partial charge in [-0.3, -0.25) is 4.39 Å². The van der Waals surface area contributed by atoms with Crippen LogP contribution in [0, 0.1) is 5.92 Å². The summed E-state index contributed by atoms with van der Waals surface area (Å²) in [5.41, 5.74) is 0. The van der Waals surface area contributed by atoms with Crippen molar-refractivity contribution in [2.24, 2.45) is 5.92 Å². The lowest BCUT2D eigenvalue weighted by Gasteiger charge is -2.38. The van der Waals surface area contributed by atoms with E-state index in [1.165, 1.54) is 12.8 Å². The van der Waals surface area contributed by atoms with Crippen molar-refractivity contribution in [3.05, 3.63) is 0 Å². The Bertz CT molecular complexity index is 164. The molecule has 0 saturated carbocycles. The Kier molecular flexibility index (Phi) is 6.18. The standard InChI is InChI=1S/C12H25FN2/c1-3-11-10-15(8-5-7-13)9-6-12(11)14-4-2/h11-12,14H,3-10H2,1-2H3. The first-order chi connectivity index (χ1) is 7.31. The van der Waals surface area contributed by atoms with Gasteiger partial charge in [-0.25, -0.2) is 0 Å². The van der Waals surface area contributed by atoms with Crippen molar-refractivity contribution in [2.75, 3.05) is 32.9 Å². The zero-order valence-electron chi connectivity index (χ0n) is 10.1. The highest BCUT2D eigenvalue weighted by Crippen LogP contribution is 2.20. The summed E-state index contributed by atoms with van der Waals surface area (Å²) in [4.78, 5) is 2.42. The Morgan fingerprint density at radius 3 is 2.80 bits per heavy atom. The largest absolute Gasteiger partial charge is 0.314 e. The molecule has 0 radical (unpaired) electrons. The number of likely N-dealkylation sites (tertiary alicyclic amines) is 1. The zero-order chi connectivity index (χ0) is 11.1. The zero-order valence-corrected chi connectivity index (χ0v) is 10.1. The fraction of sp³-hybridized carbons (Fsp3) is 1.00. The average molecular weight is 216 g/mol. The van der Waals surface area contributed by atoms with Crippen molar-refractivity contribution in [3.63, 3.8) is 0 Å². The van der Waals surface area contributed by atoms with Crippen LogP contribution in [0.1, 0.15) is 33.1 Å². The lowest BCUT2D eigenvalue weighted by molar-refractivity contribution is 0.132. The Morgan fingerprint density at radius 1 is 1.40 bits per heavy atom. The second kappa shape index (κ2) is 7.18. The van der Waals surface area contributed by atoms with Crippen LogP contribution in [-0.2, 0) is 0 Å². The lowest BCUT2D eigenvalue weighted by atomic mass is 9.90. The van der Waals surface area contributed by atoms with Gasteiger partial charge in [0.15, 0.2) is 0 Å². The molecule has 1 heterocycles. The fourth-order valence-electron chi connectivity index (χ4n) is 2.54. The molecule has 0 aromatic heterocycles. The molecule has 1 rings (SSSR count). The predicted molar refractivity (Wildman–Crippen MR) is 62.9 cm³/mol. The monoisotopic (exact) mass is 216 g/mol. The van der Waals surface area contributed by atoms with Gasteiger partial charge in [0.25, 0.3) is 0 Å². The molecule has 0 aromatic rings. The third kappa shape index (κ3) is 4.07. The first kappa shape index (κ1) is 12.9. The molecule has 1 aliphatic heterocycles. The van der Waals surface area contributed by atoms with E-state index < -0.39 is 0 Å². The van der Waals surface area contributed by atoms with Gasteiger partial charge in [-0.2, -0.15) is 0 Å². The molecule has 1 fully saturated rings. The number of nitrogens with one attached hydrogen (secondary N) is 1. The highest BCUT2D eigenvalue weighted by molar-refractivity contribution is 4.84. The molecule has 0 aromatic carbocycles. The maximum atomic E-state index is 12.1. The molecule has 3 heteroatoms. The summed E-state index contributed by atoms with van der Waals surface area (Å²) in [5, 5.41) is 3.56. The summed E-state index contributed by atoms with van der Waals surface area (Å²) in [6.45, 7) is 8.53. The first-order valence-electron chi connectivity index (χ1n) is 6.33. The molecule has 1 N–H and O–H groups in total. The van der Waals surface area contributed by atoms with E-state index in [-0.39, 0.29) is 6.67 Å². The molecule has 15 heavy (non-hydrogen) atoms. The molecular weight excluding hydrogens is 191 g/mol. The molecule has 90 valence electrons. The van der Waals surface area contributed by atoms with E-state index in [4.69, 9.17) is 0 Å². The van der Waals surface area contributed by atoms with Crippen molar-refractivity contribution in [2.45, 2.75) is 39.2 Å². The Labute approximate surface area is 93.2 Å². The van der Waals surface area contributed by atoms with Gasteiger partial charge in [-0.05, 0) is 31.8 Å². The fourth-order valence-corrected chi connectivity index (χ4v) is 2.54. The minimum atomic E-state index is -0.177. The molecule has 0 bridgehead atoms. The molecule has 2 atom stereocenters. The van der Waals surface area contributed by atoms with Gasteiger partial charge < -0.3 is 10.2 Å². The topological polar surface area (TPSA) is 15.3 Å². The van der Waals surface area contributed by atoms with Crippen LogP contribution in [0.5, 0.6) is 0 Å². The quantitative estimate of drug-likeness (QED) is 0.731. The Hall–Kier alpha value is -0.150. The van der Waals surface area contributed by atoms with Crippen LogP contribution in [0.4, 0.5) is 4.39 Å². The third-order valence-electron chi connectivity index (χ3n) is 3.42. The van der Waals surface area contributed by atoms with Crippen molar-refractivity contribution < 1.29 is 4.39 Å². The van der Waals surface area contributed by atoms with Gasteiger partial charge in [0.1, 0.15) is 0 Å². The van der Waals surface area contributed by atoms with E-state index in [1.807, 2.05) is 0 Å². The van der Waals surface area contributed by atoms with Crippen molar-refractivity contribution in [1.82, 2.24) is 10.2 Å². The van der Waals surface area contributed by atoms with Crippen molar-refractivity contribution in [3.8, 4) is 0 Å².